The van der Waals surface area contributed by atoms with Crippen molar-refractivity contribution >= 4 is 5.96 Å². The number of nitrogens with zero attached hydrogens (tertiary/aromatic N) is 2. The lowest BCUT2D eigenvalue weighted by Crippen LogP contribution is -2.46. The Morgan fingerprint density at radius 1 is 1.16 bits per heavy atom. The number of likely N-dealkylation sites (N-methyl/N-ethyl adjacent to an activating group) is 1. The average molecular weight is 347 g/mol. The largest absolute Gasteiger partial charge is 0.380 e. The van der Waals surface area contributed by atoms with Crippen molar-refractivity contribution < 1.29 is 4.74 Å². The van der Waals surface area contributed by atoms with Crippen LogP contribution in [-0.2, 0) is 4.74 Å². The van der Waals surface area contributed by atoms with Crippen molar-refractivity contribution in [3.05, 3.63) is 35.9 Å². The Hall–Kier alpha value is -1.59. The molecule has 1 unspecified atom stereocenters. The first-order valence-corrected chi connectivity index (χ1v) is 9.50. The highest BCUT2D eigenvalue weighted by atomic mass is 16.5. The van der Waals surface area contributed by atoms with E-state index in [4.69, 9.17) is 9.73 Å². The first-order chi connectivity index (χ1) is 12.1. The van der Waals surface area contributed by atoms with Crippen LogP contribution in [0.1, 0.15) is 39.3 Å². The van der Waals surface area contributed by atoms with Gasteiger partial charge in [0.2, 0.25) is 0 Å². The zero-order chi connectivity index (χ0) is 18.1. The van der Waals surface area contributed by atoms with Crippen LogP contribution in [0.2, 0.25) is 0 Å². The zero-order valence-electron chi connectivity index (χ0n) is 16.2. The summed E-state index contributed by atoms with van der Waals surface area (Å²) in [5.74, 6) is 0.892. The minimum Gasteiger partial charge on any atom is -0.380 e. The Kier molecular flexibility index (Phi) is 7.72. The van der Waals surface area contributed by atoms with Gasteiger partial charge in [0, 0.05) is 18.5 Å². The third-order valence-corrected chi connectivity index (χ3v) is 4.76. The van der Waals surface area contributed by atoms with Crippen LogP contribution in [0.25, 0.3) is 0 Å². The molecule has 5 heteroatoms. The fraction of sp³-hybridized carbons (Fsp3) is 0.650. The van der Waals surface area contributed by atoms with Crippen molar-refractivity contribution in [2.45, 2.75) is 33.7 Å². The van der Waals surface area contributed by atoms with E-state index in [-0.39, 0.29) is 5.41 Å². The van der Waals surface area contributed by atoms with Crippen LogP contribution in [0, 0.1) is 5.41 Å². The van der Waals surface area contributed by atoms with Crippen molar-refractivity contribution in [3.8, 4) is 0 Å². The molecule has 0 saturated carbocycles. The molecule has 25 heavy (non-hydrogen) atoms. The normalized spacial score (nSPS) is 17.9. The number of nitrogens with one attached hydrogen (secondary N) is 2. The molecule has 140 valence electrons. The van der Waals surface area contributed by atoms with Crippen LogP contribution in [-0.4, -0.2) is 56.8 Å². The molecule has 1 aromatic carbocycles. The lowest BCUT2D eigenvalue weighted by Gasteiger charge is -2.36. The summed E-state index contributed by atoms with van der Waals surface area (Å²) in [4.78, 5) is 7.26. The molecule has 1 atom stereocenters. The molecule has 1 heterocycles. The molecule has 5 nitrogen and oxygen atoms in total. The van der Waals surface area contributed by atoms with Gasteiger partial charge >= 0.3 is 0 Å². The Bertz CT molecular complexity index is 524. The van der Waals surface area contributed by atoms with E-state index in [9.17, 15) is 0 Å². The van der Waals surface area contributed by atoms with Crippen molar-refractivity contribution in [1.29, 1.82) is 0 Å². The van der Waals surface area contributed by atoms with Crippen LogP contribution < -0.4 is 10.6 Å². The Morgan fingerprint density at radius 3 is 2.36 bits per heavy atom. The van der Waals surface area contributed by atoms with E-state index < -0.39 is 0 Å². The van der Waals surface area contributed by atoms with Gasteiger partial charge in [0.25, 0.3) is 0 Å². The summed E-state index contributed by atoms with van der Waals surface area (Å²) in [6.07, 6.45) is 0. The number of guanidine groups is 1. The first kappa shape index (κ1) is 19.7. The van der Waals surface area contributed by atoms with Crippen molar-refractivity contribution in [2.24, 2.45) is 10.4 Å². The highest BCUT2D eigenvalue weighted by Crippen LogP contribution is 2.26. The summed E-state index contributed by atoms with van der Waals surface area (Å²) >= 11 is 0. The predicted molar refractivity (Wildman–Crippen MR) is 105 cm³/mol. The van der Waals surface area contributed by atoms with E-state index in [1.165, 1.54) is 5.56 Å². The van der Waals surface area contributed by atoms with E-state index in [1.54, 1.807) is 0 Å². The highest BCUT2D eigenvalue weighted by molar-refractivity contribution is 5.79. The maximum absolute atomic E-state index is 5.33. The van der Waals surface area contributed by atoms with E-state index in [0.29, 0.717) is 6.04 Å². The first-order valence-electron chi connectivity index (χ1n) is 9.50. The lowest BCUT2D eigenvalue weighted by molar-refractivity contribution is -0.0945. The van der Waals surface area contributed by atoms with Gasteiger partial charge in [-0.1, -0.05) is 51.1 Å². The molecule has 2 N–H and O–H groups in total. The standard InChI is InChI=1S/C20H34N4O/c1-5-21-19(23-14-20(4)15-25-16-20)22-13-18(24(6-2)7-3)17-11-9-8-10-12-17/h8-12,18H,5-7,13-16H2,1-4H3,(H2,21,22,23). The monoisotopic (exact) mass is 346 g/mol. The molecule has 0 amide bonds. The van der Waals surface area contributed by atoms with Gasteiger partial charge in [0.15, 0.2) is 5.96 Å². The molecule has 1 aromatic rings. The second-order valence-corrected chi connectivity index (χ2v) is 7.03. The summed E-state index contributed by atoms with van der Waals surface area (Å²) < 4.78 is 5.33. The van der Waals surface area contributed by atoms with Crippen LogP contribution >= 0.6 is 0 Å². The van der Waals surface area contributed by atoms with E-state index in [2.05, 4.69) is 73.6 Å². The number of benzene rings is 1. The van der Waals surface area contributed by atoms with Crippen LogP contribution in [0.15, 0.2) is 35.3 Å². The lowest BCUT2D eigenvalue weighted by atomic mass is 9.89. The van der Waals surface area contributed by atoms with E-state index in [1.807, 2.05) is 0 Å². The van der Waals surface area contributed by atoms with Crippen LogP contribution in [0.5, 0.6) is 0 Å². The summed E-state index contributed by atoms with van der Waals surface area (Å²) in [5.41, 5.74) is 1.54. The number of hydrogen-bond acceptors (Lipinski definition) is 3. The molecule has 2 rings (SSSR count). The van der Waals surface area contributed by atoms with Gasteiger partial charge < -0.3 is 15.4 Å². The highest BCUT2D eigenvalue weighted by Gasteiger charge is 2.33. The molecule has 0 radical (unpaired) electrons. The number of aliphatic imine (C=N–C) groups is 1. The Morgan fingerprint density at radius 2 is 1.84 bits per heavy atom. The molecule has 1 saturated heterocycles. The van der Waals surface area contributed by atoms with E-state index >= 15 is 0 Å². The topological polar surface area (TPSA) is 48.9 Å². The number of ether oxygens (including phenoxy) is 1. The van der Waals surface area contributed by atoms with Gasteiger partial charge in [-0.2, -0.15) is 0 Å². The van der Waals surface area contributed by atoms with Gasteiger partial charge in [0.1, 0.15) is 0 Å². The molecule has 1 fully saturated rings. The third kappa shape index (κ3) is 5.72. The molecule has 0 aromatic heterocycles. The third-order valence-electron chi connectivity index (χ3n) is 4.76. The molecule has 0 spiro atoms. The second-order valence-electron chi connectivity index (χ2n) is 7.03. The minimum absolute atomic E-state index is 0.194. The quantitative estimate of drug-likeness (QED) is 0.533. The van der Waals surface area contributed by atoms with Gasteiger partial charge in [0.05, 0.1) is 25.8 Å². The number of rotatable bonds is 9. The van der Waals surface area contributed by atoms with Crippen molar-refractivity contribution in [2.75, 3.05) is 45.9 Å². The Labute approximate surface area is 152 Å². The molecular weight excluding hydrogens is 312 g/mol. The van der Waals surface area contributed by atoms with Crippen LogP contribution in [0.3, 0.4) is 0 Å². The summed E-state index contributed by atoms with van der Waals surface area (Å²) in [6.45, 7) is 14.9. The molecule has 0 bridgehead atoms. The van der Waals surface area contributed by atoms with E-state index in [0.717, 1.165) is 51.9 Å². The predicted octanol–water partition coefficient (Wildman–Crippen LogP) is 2.66. The SMILES string of the molecule is CCNC(=NCC1(C)COC1)NCC(c1ccccc1)N(CC)CC. The minimum atomic E-state index is 0.194. The van der Waals surface area contributed by atoms with Gasteiger partial charge in [-0.15, -0.1) is 0 Å². The fourth-order valence-electron chi connectivity index (χ4n) is 3.14. The van der Waals surface area contributed by atoms with Gasteiger partial charge in [-0.25, -0.2) is 0 Å². The maximum Gasteiger partial charge on any atom is 0.191 e. The number of hydrogen-bond donors (Lipinski definition) is 2. The average Bonchev–Trinajstić information content (AvgIpc) is 2.62. The summed E-state index contributed by atoms with van der Waals surface area (Å²) in [5, 5.41) is 6.91. The smallest absolute Gasteiger partial charge is 0.191 e. The maximum atomic E-state index is 5.33. The molecular formula is C20H34N4O. The van der Waals surface area contributed by atoms with Crippen molar-refractivity contribution in [1.82, 2.24) is 15.5 Å². The van der Waals surface area contributed by atoms with Crippen molar-refractivity contribution in [3.63, 3.8) is 0 Å². The molecule has 0 aliphatic carbocycles. The fourth-order valence-corrected chi connectivity index (χ4v) is 3.14. The second kappa shape index (κ2) is 9.78. The zero-order valence-corrected chi connectivity index (χ0v) is 16.2. The van der Waals surface area contributed by atoms with Crippen LogP contribution in [0.4, 0.5) is 0 Å². The Balaban J connectivity index is 2.04. The summed E-state index contributed by atoms with van der Waals surface area (Å²) in [7, 11) is 0. The molecule has 1 aliphatic rings. The van der Waals surface area contributed by atoms with Gasteiger partial charge in [-0.3, -0.25) is 9.89 Å². The molecule has 1 aliphatic heterocycles. The summed E-state index contributed by atoms with van der Waals surface area (Å²) in [6, 6.07) is 11.1. The van der Waals surface area contributed by atoms with Gasteiger partial charge in [-0.05, 0) is 25.6 Å².